The zero-order valence-corrected chi connectivity index (χ0v) is 18.9. The molecule has 0 aromatic heterocycles. The monoisotopic (exact) mass is 468 g/mol. The van der Waals surface area contributed by atoms with Crippen molar-refractivity contribution in [3.8, 4) is 0 Å². The van der Waals surface area contributed by atoms with Crippen molar-refractivity contribution in [2.45, 2.75) is 19.6 Å². The molecule has 31 heavy (non-hydrogen) atoms. The van der Waals surface area contributed by atoms with Gasteiger partial charge in [-0.05, 0) is 48.5 Å². The highest BCUT2D eigenvalue weighted by molar-refractivity contribution is 7.85. The van der Waals surface area contributed by atoms with Gasteiger partial charge in [0.05, 0.1) is 21.6 Å². The number of benzene rings is 4. The largest absolute Gasteiger partial charge is 0.335 e. The Balaban J connectivity index is 0.000000196. The summed E-state index contributed by atoms with van der Waals surface area (Å²) >= 11 is -0.750. The molecule has 0 saturated heterocycles. The molecular formula is C24H20O4S3. The fraction of sp³-hybridized carbons (Fsp3) is 0. The maximum Gasteiger partial charge on any atom is 0.335 e. The van der Waals surface area contributed by atoms with E-state index in [9.17, 15) is 8.42 Å². The SMILES string of the molecule is O=S(c1ccccc1)c1ccccc1.O=S(c1ccccc1)c1ccccc1.O=S=O. The lowest BCUT2D eigenvalue weighted by molar-refractivity contribution is 0.630. The van der Waals surface area contributed by atoms with E-state index >= 15 is 0 Å². The maximum absolute atomic E-state index is 12.0. The van der Waals surface area contributed by atoms with Crippen molar-refractivity contribution in [3.05, 3.63) is 121 Å². The third-order valence-electron chi connectivity index (χ3n) is 3.83. The molecule has 0 heterocycles. The van der Waals surface area contributed by atoms with E-state index < -0.39 is 33.2 Å². The van der Waals surface area contributed by atoms with E-state index in [1.54, 1.807) is 0 Å². The molecule has 4 aromatic carbocycles. The smallest absolute Gasteiger partial charge is 0.249 e. The van der Waals surface area contributed by atoms with Crippen LogP contribution in [0.5, 0.6) is 0 Å². The molecule has 0 fully saturated rings. The topological polar surface area (TPSA) is 68.3 Å². The van der Waals surface area contributed by atoms with E-state index in [1.807, 2.05) is 121 Å². The molecule has 4 rings (SSSR count). The molecule has 0 amide bonds. The summed E-state index contributed by atoms with van der Waals surface area (Å²) in [6.07, 6.45) is 0. The van der Waals surface area contributed by atoms with Gasteiger partial charge in [-0.25, -0.2) is 8.42 Å². The van der Waals surface area contributed by atoms with Crippen LogP contribution in [0.1, 0.15) is 0 Å². The minimum atomic E-state index is -1.05. The van der Waals surface area contributed by atoms with Crippen LogP contribution in [0.4, 0.5) is 0 Å². The summed E-state index contributed by atoms with van der Waals surface area (Å²) in [5.74, 6) is 0. The van der Waals surface area contributed by atoms with Crippen molar-refractivity contribution in [2.75, 3.05) is 0 Å². The molecule has 0 N–H and O–H groups in total. The van der Waals surface area contributed by atoms with Gasteiger partial charge in [-0.15, -0.1) is 0 Å². The van der Waals surface area contributed by atoms with E-state index in [0.29, 0.717) is 0 Å². The molecular weight excluding hydrogens is 448 g/mol. The van der Waals surface area contributed by atoms with Gasteiger partial charge in [-0.3, -0.25) is 0 Å². The molecule has 158 valence electrons. The first-order valence-electron chi connectivity index (χ1n) is 9.13. The fourth-order valence-electron chi connectivity index (χ4n) is 2.45. The molecule has 0 saturated carbocycles. The molecule has 0 aliphatic carbocycles. The van der Waals surface area contributed by atoms with Gasteiger partial charge in [0.25, 0.3) is 0 Å². The quantitative estimate of drug-likeness (QED) is 0.421. The van der Waals surface area contributed by atoms with Crippen LogP contribution in [-0.4, -0.2) is 16.8 Å². The highest BCUT2D eigenvalue weighted by atomic mass is 32.2. The van der Waals surface area contributed by atoms with E-state index in [-0.39, 0.29) is 0 Å². The van der Waals surface area contributed by atoms with Crippen LogP contribution in [0.15, 0.2) is 141 Å². The lowest BCUT2D eigenvalue weighted by atomic mass is 10.4. The van der Waals surface area contributed by atoms with E-state index in [0.717, 1.165) is 19.6 Å². The van der Waals surface area contributed by atoms with Gasteiger partial charge in [-0.1, -0.05) is 72.8 Å². The zero-order chi connectivity index (χ0) is 22.3. The van der Waals surface area contributed by atoms with Crippen LogP contribution < -0.4 is 0 Å². The zero-order valence-electron chi connectivity index (χ0n) is 16.4. The second-order valence-electron chi connectivity index (χ2n) is 5.86. The van der Waals surface area contributed by atoms with Gasteiger partial charge in [0.1, 0.15) is 0 Å². The molecule has 0 radical (unpaired) electrons. The van der Waals surface area contributed by atoms with Gasteiger partial charge in [0, 0.05) is 19.6 Å². The molecule has 0 aliphatic rings. The molecule has 4 aromatic rings. The highest BCUT2D eigenvalue weighted by Gasteiger charge is 2.05. The summed E-state index contributed by atoms with van der Waals surface area (Å²) in [5.41, 5.74) is 0. The Morgan fingerprint density at radius 3 is 0.710 bits per heavy atom. The van der Waals surface area contributed by atoms with Gasteiger partial charge in [0.2, 0.25) is 0 Å². The average molecular weight is 469 g/mol. The lowest BCUT2D eigenvalue weighted by Gasteiger charge is -2.00. The van der Waals surface area contributed by atoms with Crippen LogP contribution >= 0.6 is 0 Å². The molecule has 4 nitrogen and oxygen atoms in total. The summed E-state index contributed by atoms with van der Waals surface area (Å²) in [4.78, 5) is 3.38. The predicted octanol–water partition coefficient (Wildman–Crippen LogP) is 5.04. The van der Waals surface area contributed by atoms with Gasteiger partial charge >= 0.3 is 11.6 Å². The van der Waals surface area contributed by atoms with Gasteiger partial charge in [0.15, 0.2) is 0 Å². The normalized spacial score (nSPS) is 9.74. The van der Waals surface area contributed by atoms with E-state index in [1.165, 1.54) is 0 Å². The molecule has 0 bridgehead atoms. The number of rotatable bonds is 4. The second kappa shape index (κ2) is 14.1. The second-order valence-corrected chi connectivity index (χ2v) is 8.95. The first kappa shape index (κ1) is 24.3. The van der Waals surface area contributed by atoms with E-state index in [2.05, 4.69) is 0 Å². The van der Waals surface area contributed by atoms with Crippen molar-refractivity contribution in [3.63, 3.8) is 0 Å². The third kappa shape index (κ3) is 8.33. The van der Waals surface area contributed by atoms with Gasteiger partial charge in [-0.2, -0.15) is 8.42 Å². The Hall–Kier alpha value is -3.00. The summed E-state index contributed by atoms with van der Waals surface area (Å²) in [5, 5.41) is 0. The van der Waals surface area contributed by atoms with Crippen molar-refractivity contribution < 1.29 is 16.8 Å². The first-order chi connectivity index (χ1) is 15.2. The van der Waals surface area contributed by atoms with Crippen LogP contribution in [0.2, 0.25) is 0 Å². The fourth-order valence-corrected chi connectivity index (χ4v) is 4.61. The number of hydrogen-bond donors (Lipinski definition) is 0. The summed E-state index contributed by atoms with van der Waals surface area (Å²) < 4.78 is 40.5. The Morgan fingerprint density at radius 2 is 0.548 bits per heavy atom. The molecule has 7 heteroatoms. The van der Waals surface area contributed by atoms with Crippen molar-refractivity contribution >= 4 is 33.2 Å². The molecule has 0 spiro atoms. The number of hydrogen-bond acceptors (Lipinski definition) is 4. The summed E-state index contributed by atoms with van der Waals surface area (Å²) in [6.45, 7) is 0. The molecule has 0 unspecified atom stereocenters. The summed E-state index contributed by atoms with van der Waals surface area (Å²) in [7, 11) is -2.09. The standard InChI is InChI=1S/2C12H10OS.O2S/c2*13-14(11-7-3-1-4-8-11)12-9-5-2-6-10-12;1-3-2/h2*1-10H;. The van der Waals surface area contributed by atoms with Gasteiger partial charge < -0.3 is 0 Å². The molecule has 0 atom stereocenters. The average Bonchev–Trinajstić information content (AvgIpc) is 2.86. The van der Waals surface area contributed by atoms with Crippen LogP contribution in [0, 0.1) is 0 Å². The third-order valence-corrected chi connectivity index (χ3v) is 6.63. The minimum absolute atomic E-state index is 0.750. The Labute approximate surface area is 190 Å². The maximum atomic E-state index is 12.0. The molecule has 0 aliphatic heterocycles. The first-order valence-corrected chi connectivity index (χ1v) is 12.1. The van der Waals surface area contributed by atoms with E-state index in [4.69, 9.17) is 8.42 Å². The lowest BCUT2D eigenvalue weighted by Crippen LogP contribution is -1.91. The van der Waals surface area contributed by atoms with Crippen molar-refractivity contribution in [1.29, 1.82) is 0 Å². The van der Waals surface area contributed by atoms with Crippen LogP contribution in [0.3, 0.4) is 0 Å². The Bertz CT molecular complexity index is 945. The Morgan fingerprint density at radius 1 is 0.387 bits per heavy atom. The van der Waals surface area contributed by atoms with Crippen molar-refractivity contribution in [1.82, 2.24) is 0 Å². The Kier molecular flexibility index (Phi) is 11.0. The van der Waals surface area contributed by atoms with Crippen LogP contribution in [0.25, 0.3) is 0 Å². The van der Waals surface area contributed by atoms with Crippen LogP contribution in [-0.2, 0) is 33.2 Å². The minimum Gasteiger partial charge on any atom is -0.249 e. The summed E-state index contributed by atoms with van der Waals surface area (Å²) in [6, 6.07) is 37.9. The predicted molar refractivity (Wildman–Crippen MR) is 124 cm³/mol. The highest BCUT2D eigenvalue weighted by Crippen LogP contribution is 2.15. The van der Waals surface area contributed by atoms with Crippen molar-refractivity contribution in [2.24, 2.45) is 0 Å².